The number of aryl methyl sites for hydroxylation is 2. The summed E-state index contributed by atoms with van der Waals surface area (Å²) < 4.78 is 5.09. The second kappa shape index (κ2) is 6.77. The van der Waals surface area contributed by atoms with Gasteiger partial charge in [0.15, 0.2) is 0 Å². The van der Waals surface area contributed by atoms with E-state index in [9.17, 15) is 0 Å². The first-order chi connectivity index (χ1) is 8.04. The fourth-order valence-corrected chi connectivity index (χ4v) is 1.93. The van der Waals surface area contributed by atoms with Crippen LogP contribution in [0, 0.1) is 13.8 Å². The van der Waals surface area contributed by atoms with Gasteiger partial charge >= 0.3 is 0 Å². The van der Waals surface area contributed by atoms with Gasteiger partial charge < -0.3 is 10.1 Å². The van der Waals surface area contributed by atoms with E-state index in [0.717, 1.165) is 13.0 Å². The van der Waals surface area contributed by atoms with Crippen LogP contribution in [0.15, 0.2) is 18.2 Å². The lowest BCUT2D eigenvalue weighted by atomic mass is 10.0. The lowest BCUT2D eigenvalue weighted by Crippen LogP contribution is -2.29. The van der Waals surface area contributed by atoms with E-state index in [1.54, 1.807) is 7.11 Å². The van der Waals surface area contributed by atoms with Crippen molar-refractivity contribution < 1.29 is 4.74 Å². The number of benzene rings is 1. The molecule has 0 aliphatic rings. The minimum absolute atomic E-state index is 0.390. The molecule has 0 spiro atoms. The van der Waals surface area contributed by atoms with Crippen molar-refractivity contribution in [1.82, 2.24) is 5.32 Å². The number of methoxy groups -OCH3 is 1. The molecule has 2 unspecified atom stereocenters. The summed E-state index contributed by atoms with van der Waals surface area (Å²) in [5.74, 6) is 0. The van der Waals surface area contributed by atoms with Crippen LogP contribution in [0.1, 0.15) is 43.0 Å². The van der Waals surface area contributed by atoms with Crippen LogP contribution in [0.25, 0.3) is 0 Å². The fourth-order valence-electron chi connectivity index (χ4n) is 1.93. The highest BCUT2D eigenvalue weighted by atomic mass is 16.5. The molecule has 17 heavy (non-hydrogen) atoms. The standard InChI is InChI=1S/C15H25NO/c1-11-6-7-15(10-12(11)2)14(4)16-13(3)8-9-17-5/h6-7,10,13-14,16H,8-9H2,1-5H3. The van der Waals surface area contributed by atoms with Gasteiger partial charge in [0.05, 0.1) is 0 Å². The molecule has 1 N–H and O–H groups in total. The van der Waals surface area contributed by atoms with E-state index in [4.69, 9.17) is 4.74 Å². The third-order valence-corrected chi connectivity index (χ3v) is 3.32. The van der Waals surface area contributed by atoms with Gasteiger partial charge in [-0.2, -0.15) is 0 Å². The number of ether oxygens (including phenoxy) is 1. The maximum atomic E-state index is 5.09. The summed E-state index contributed by atoms with van der Waals surface area (Å²) in [5, 5.41) is 3.60. The van der Waals surface area contributed by atoms with E-state index >= 15 is 0 Å². The van der Waals surface area contributed by atoms with Crippen LogP contribution in [0.5, 0.6) is 0 Å². The Labute approximate surface area is 105 Å². The maximum Gasteiger partial charge on any atom is 0.0476 e. The van der Waals surface area contributed by atoms with Crippen molar-refractivity contribution >= 4 is 0 Å². The van der Waals surface area contributed by atoms with Crippen LogP contribution < -0.4 is 5.32 Å². The van der Waals surface area contributed by atoms with Gasteiger partial charge in [-0.25, -0.2) is 0 Å². The van der Waals surface area contributed by atoms with Gasteiger partial charge in [-0.3, -0.25) is 0 Å². The minimum atomic E-state index is 0.390. The Balaban J connectivity index is 2.57. The summed E-state index contributed by atoms with van der Waals surface area (Å²) in [7, 11) is 1.75. The maximum absolute atomic E-state index is 5.09. The van der Waals surface area contributed by atoms with Crippen LogP contribution >= 0.6 is 0 Å². The van der Waals surface area contributed by atoms with Crippen molar-refractivity contribution in [3.05, 3.63) is 34.9 Å². The third-order valence-electron chi connectivity index (χ3n) is 3.32. The topological polar surface area (TPSA) is 21.3 Å². The van der Waals surface area contributed by atoms with E-state index in [2.05, 4.69) is 51.2 Å². The van der Waals surface area contributed by atoms with Crippen molar-refractivity contribution in [2.24, 2.45) is 0 Å². The fraction of sp³-hybridized carbons (Fsp3) is 0.600. The number of nitrogens with one attached hydrogen (secondary N) is 1. The Morgan fingerprint density at radius 3 is 2.47 bits per heavy atom. The second-order valence-corrected chi connectivity index (χ2v) is 4.91. The van der Waals surface area contributed by atoms with E-state index in [1.165, 1.54) is 16.7 Å². The molecule has 0 fully saturated rings. The summed E-state index contributed by atoms with van der Waals surface area (Å²) in [6.07, 6.45) is 1.05. The number of hydrogen-bond donors (Lipinski definition) is 1. The van der Waals surface area contributed by atoms with E-state index in [-0.39, 0.29) is 0 Å². The molecule has 2 atom stereocenters. The largest absolute Gasteiger partial charge is 0.385 e. The molecular weight excluding hydrogens is 210 g/mol. The van der Waals surface area contributed by atoms with Crippen LogP contribution in [0.3, 0.4) is 0 Å². The lowest BCUT2D eigenvalue weighted by Gasteiger charge is -2.21. The van der Waals surface area contributed by atoms with Crippen molar-refractivity contribution in [3.63, 3.8) is 0 Å². The number of rotatable bonds is 6. The second-order valence-electron chi connectivity index (χ2n) is 4.91. The molecule has 0 saturated carbocycles. The third kappa shape index (κ3) is 4.49. The average molecular weight is 235 g/mol. The molecule has 0 radical (unpaired) electrons. The van der Waals surface area contributed by atoms with E-state index in [0.29, 0.717) is 12.1 Å². The van der Waals surface area contributed by atoms with Gasteiger partial charge in [0.2, 0.25) is 0 Å². The van der Waals surface area contributed by atoms with Crippen molar-refractivity contribution in [3.8, 4) is 0 Å². The highest BCUT2D eigenvalue weighted by Crippen LogP contribution is 2.17. The Morgan fingerprint density at radius 2 is 1.88 bits per heavy atom. The van der Waals surface area contributed by atoms with Gasteiger partial charge in [-0.15, -0.1) is 0 Å². The molecule has 0 heterocycles. The molecule has 2 heteroatoms. The van der Waals surface area contributed by atoms with Crippen LogP contribution in [-0.2, 0) is 4.74 Å². The summed E-state index contributed by atoms with van der Waals surface area (Å²) in [4.78, 5) is 0. The summed E-state index contributed by atoms with van der Waals surface area (Å²) in [5.41, 5.74) is 4.08. The summed E-state index contributed by atoms with van der Waals surface area (Å²) in [6.45, 7) is 9.55. The lowest BCUT2D eigenvalue weighted by molar-refractivity contribution is 0.183. The van der Waals surface area contributed by atoms with Crippen molar-refractivity contribution in [1.29, 1.82) is 0 Å². The first kappa shape index (κ1) is 14.2. The van der Waals surface area contributed by atoms with Crippen molar-refractivity contribution in [2.75, 3.05) is 13.7 Å². The average Bonchev–Trinajstić information content (AvgIpc) is 2.30. The van der Waals surface area contributed by atoms with Crippen LogP contribution in [0.2, 0.25) is 0 Å². The zero-order valence-electron chi connectivity index (χ0n) is 11.7. The van der Waals surface area contributed by atoms with Crippen LogP contribution in [-0.4, -0.2) is 19.8 Å². The smallest absolute Gasteiger partial charge is 0.0476 e. The Bertz CT molecular complexity index is 349. The van der Waals surface area contributed by atoms with Gasteiger partial charge in [0, 0.05) is 25.8 Å². The SMILES string of the molecule is COCCC(C)NC(C)c1ccc(C)c(C)c1. The van der Waals surface area contributed by atoms with E-state index in [1.807, 2.05) is 0 Å². The van der Waals surface area contributed by atoms with Crippen molar-refractivity contribution in [2.45, 2.75) is 46.2 Å². The molecule has 0 amide bonds. The highest BCUT2D eigenvalue weighted by Gasteiger charge is 2.09. The Morgan fingerprint density at radius 1 is 1.18 bits per heavy atom. The van der Waals surface area contributed by atoms with Gasteiger partial charge in [0.25, 0.3) is 0 Å². The van der Waals surface area contributed by atoms with Crippen LogP contribution in [0.4, 0.5) is 0 Å². The molecule has 0 saturated heterocycles. The van der Waals surface area contributed by atoms with E-state index < -0.39 is 0 Å². The first-order valence-electron chi connectivity index (χ1n) is 6.36. The normalized spacial score (nSPS) is 14.6. The highest BCUT2D eigenvalue weighted by molar-refractivity contribution is 5.31. The Hall–Kier alpha value is -0.860. The molecule has 0 aliphatic carbocycles. The molecule has 1 aromatic carbocycles. The molecule has 96 valence electrons. The van der Waals surface area contributed by atoms with Gasteiger partial charge in [-0.05, 0) is 50.8 Å². The van der Waals surface area contributed by atoms with Gasteiger partial charge in [0.1, 0.15) is 0 Å². The predicted molar refractivity (Wildman–Crippen MR) is 73.4 cm³/mol. The molecule has 0 aliphatic heterocycles. The Kier molecular flexibility index (Phi) is 5.66. The first-order valence-corrected chi connectivity index (χ1v) is 6.36. The monoisotopic (exact) mass is 235 g/mol. The number of hydrogen-bond acceptors (Lipinski definition) is 2. The quantitative estimate of drug-likeness (QED) is 0.816. The molecular formula is C15H25NO. The predicted octanol–water partition coefficient (Wildman–Crippen LogP) is 3.38. The molecule has 0 aromatic heterocycles. The molecule has 2 nitrogen and oxygen atoms in total. The van der Waals surface area contributed by atoms with Gasteiger partial charge in [-0.1, -0.05) is 18.2 Å². The molecule has 0 bridgehead atoms. The molecule has 1 aromatic rings. The summed E-state index contributed by atoms with van der Waals surface area (Å²) >= 11 is 0. The summed E-state index contributed by atoms with van der Waals surface area (Å²) in [6, 6.07) is 7.55. The molecule has 1 rings (SSSR count). The zero-order valence-corrected chi connectivity index (χ0v) is 11.7. The zero-order chi connectivity index (χ0) is 12.8. The minimum Gasteiger partial charge on any atom is -0.385 e.